The number of carbonyl (C=O) groups is 2. The second-order valence-electron chi connectivity index (χ2n) is 15.3. The SMILES string of the molecule is CCCCCCCC[N+]1=C(/C=C2\C(=O)C(/C=C3/N(CC)c4ccccc4C3(C)C)=C2O)C(C)(C)c2cc(-c3ccc(/C=C(\C#N)C(=O)O)cc3)ccc21. The molecule has 6 rings (SSSR count). The number of carbonyl (C=O) groups excluding carboxylic acids is 1. The van der Waals surface area contributed by atoms with Crippen molar-refractivity contribution in [2.24, 2.45) is 0 Å². The number of Topliss-reactive ketones (excluding diaryl/α,β-unsaturated/α-hetero) is 1. The van der Waals surface area contributed by atoms with Gasteiger partial charge in [0.1, 0.15) is 23.9 Å². The van der Waals surface area contributed by atoms with Crippen LogP contribution in [0.1, 0.15) is 96.8 Å². The molecule has 0 unspecified atom stereocenters. The quantitative estimate of drug-likeness (QED) is 0.0793. The van der Waals surface area contributed by atoms with Crippen LogP contribution in [-0.4, -0.2) is 45.3 Å². The predicted octanol–water partition coefficient (Wildman–Crippen LogP) is 10.1. The van der Waals surface area contributed by atoms with E-state index < -0.39 is 11.4 Å². The molecular formula is C46H50N3O4+. The van der Waals surface area contributed by atoms with Crippen molar-refractivity contribution in [3.05, 3.63) is 124 Å². The normalized spacial score (nSPS) is 18.8. The Balaban J connectivity index is 1.35. The average molecular weight is 709 g/mol. The lowest BCUT2D eigenvalue weighted by Crippen LogP contribution is -2.32. The van der Waals surface area contributed by atoms with E-state index in [0.29, 0.717) is 16.7 Å². The lowest BCUT2D eigenvalue weighted by Gasteiger charge is -2.28. The number of benzene rings is 3. The van der Waals surface area contributed by atoms with Gasteiger partial charge in [-0.25, -0.2) is 4.79 Å². The Bertz CT molecular complexity index is 2170. The van der Waals surface area contributed by atoms with Crippen LogP contribution in [0.4, 0.5) is 11.4 Å². The summed E-state index contributed by atoms with van der Waals surface area (Å²) < 4.78 is 2.34. The van der Waals surface area contributed by atoms with Crippen molar-refractivity contribution in [2.45, 2.75) is 90.9 Å². The summed E-state index contributed by atoms with van der Waals surface area (Å²) in [7, 11) is 0. The third-order valence-electron chi connectivity index (χ3n) is 11.2. The van der Waals surface area contributed by atoms with Crippen LogP contribution in [-0.2, 0) is 20.4 Å². The van der Waals surface area contributed by atoms with Crippen molar-refractivity contribution >= 4 is 34.9 Å². The first-order valence-corrected chi connectivity index (χ1v) is 18.9. The van der Waals surface area contributed by atoms with Crippen LogP contribution in [0.15, 0.2) is 107 Å². The fourth-order valence-electron chi connectivity index (χ4n) is 8.11. The number of carboxylic acids is 1. The van der Waals surface area contributed by atoms with Gasteiger partial charge in [-0.1, -0.05) is 88.9 Å². The number of allylic oxidation sites excluding steroid dienone is 5. The van der Waals surface area contributed by atoms with E-state index in [4.69, 9.17) is 5.26 Å². The molecule has 0 amide bonds. The van der Waals surface area contributed by atoms with E-state index in [1.807, 2.05) is 48.6 Å². The third-order valence-corrected chi connectivity index (χ3v) is 11.2. The zero-order valence-electron chi connectivity index (χ0n) is 31.8. The minimum absolute atomic E-state index is 0.0429. The number of carboxylic acid groups (broad SMARTS) is 1. The highest BCUT2D eigenvalue weighted by Crippen LogP contribution is 2.49. The fourth-order valence-corrected chi connectivity index (χ4v) is 8.11. The maximum absolute atomic E-state index is 13.9. The molecule has 0 spiro atoms. The van der Waals surface area contributed by atoms with Crippen LogP contribution in [0.3, 0.4) is 0 Å². The van der Waals surface area contributed by atoms with Gasteiger partial charge >= 0.3 is 5.97 Å². The summed E-state index contributed by atoms with van der Waals surface area (Å²) in [6.45, 7) is 14.6. The number of aliphatic hydroxyl groups excluding tert-OH is 1. The van der Waals surface area contributed by atoms with Gasteiger partial charge in [0.15, 0.2) is 5.71 Å². The van der Waals surface area contributed by atoms with Crippen molar-refractivity contribution in [3.63, 3.8) is 0 Å². The molecule has 0 radical (unpaired) electrons. The van der Waals surface area contributed by atoms with Crippen LogP contribution in [0, 0.1) is 11.3 Å². The molecule has 53 heavy (non-hydrogen) atoms. The number of rotatable bonds is 13. The van der Waals surface area contributed by atoms with Gasteiger partial charge in [0.2, 0.25) is 11.5 Å². The van der Waals surface area contributed by atoms with Gasteiger partial charge in [-0.3, -0.25) is 4.79 Å². The maximum atomic E-state index is 13.9. The smallest absolute Gasteiger partial charge is 0.346 e. The standard InChI is InChI=1S/C46H49N3O4/c1-7-9-10-11-12-15-24-49-39-23-22-32(31-20-18-30(19-21-31)25-33(29-47)44(52)53)26-37(39)46(5,6)41(49)28-35-42(50)34(43(35)51)27-40-45(3,4)36-16-13-14-17-38(36)48(40)8-2/h13-14,16-23,25-28H,7-12,15,24H2,1-6H3,(H-,50,51,52,53)/p+1/b33-25+. The van der Waals surface area contributed by atoms with E-state index in [1.54, 1.807) is 6.07 Å². The number of fused-ring (bicyclic) bond motifs is 2. The van der Waals surface area contributed by atoms with Gasteiger partial charge in [0.05, 0.1) is 16.6 Å². The van der Waals surface area contributed by atoms with Crippen molar-refractivity contribution < 1.29 is 24.4 Å². The Morgan fingerprint density at radius 2 is 1.55 bits per heavy atom. The molecular weight excluding hydrogens is 659 g/mol. The highest BCUT2D eigenvalue weighted by molar-refractivity contribution is 6.24. The average Bonchev–Trinajstić information content (AvgIpc) is 3.50. The lowest BCUT2D eigenvalue weighted by atomic mass is 9.77. The molecule has 2 aliphatic heterocycles. The third kappa shape index (κ3) is 6.79. The Labute approximate surface area is 313 Å². The number of hydrogen-bond acceptors (Lipinski definition) is 5. The van der Waals surface area contributed by atoms with Crippen LogP contribution < -0.4 is 4.90 Å². The highest BCUT2D eigenvalue weighted by atomic mass is 16.4. The lowest BCUT2D eigenvalue weighted by molar-refractivity contribution is -0.438. The van der Waals surface area contributed by atoms with E-state index in [2.05, 4.69) is 81.3 Å². The summed E-state index contributed by atoms with van der Waals surface area (Å²) in [6, 6.07) is 24.0. The molecule has 0 saturated carbocycles. The number of likely N-dealkylation sites (N-methyl/N-ethyl adjacent to an activating group) is 1. The van der Waals surface area contributed by atoms with E-state index in [1.165, 1.54) is 37.3 Å². The molecule has 0 aromatic heterocycles. The van der Waals surface area contributed by atoms with Gasteiger partial charge in [0, 0.05) is 47.5 Å². The number of aliphatic carboxylic acids is 1. The summed E-state index contributed by atoms with van der Waals surface area (Å²) in [5.41, 5.74) is 8.79. The van der Waals surface area contributed by atoms with E-state index in [-0.39, 0.29) is 22.5 Å². The number of aliphatic hydroxyl groups is 1. The first-order chi connectivity index (χ1) is 25.3. The number of ketones is 1. The molecule has 1 aliphatic carbocycles. The Morgan fingerprint density at radius 1 is 0.868 bits per heavy atom. The summed E-state index contributed by atoms with van der Waals surface area (Å²) >= 11 is 0. The minimum Gasteiger partial charge on any atom is -0.506 e. The first-order valence-electron chi connectivity index (χ1n) is 18.9. The van der Waals surface area contributed by atoms with E-state index in [9.17, 15) is 19.8 Å². The molecule has 3 aromatic carbocycles. The van der Waals surface area contributed by atoms with Gasteiger partial charge in [-0.15, -0.1) is 0 Å². The Morgan fingerprint density at radius 3 is 2.21 bits per heavy atom. The molecule has 272 valence electrons. The summed E-state index contributed by atoms with van der Waals surface area (Å²) in [4.78, 5) is 27.5. The number of unbranched alkanes of at least 4 members (excludes halogenated alkanes) is 5. The zero-order valence-corrected chi connectivity index (χ0v) is 31.8. The van der Waals surface area contributed by atoms with Crippen molar-refractivity contribution in [2.75, 3.05) is 18.0 Å². The molecule has 2 heterocycles. The molecule has 0 saturated heterocycles. The molecule has 7 nitrogen and oxygen atoms in total. The highest BCUT2D eigenvalue weighted by Gasteiger charge is 2.47. The van der Waals surface area contributed by atoms with Gasteiger partial charge in [-0.2, -0.15) is 9.84 Å². The molecule has 0 atom stereocenters. The summed E-state index contributed by atoms with van der Waals surface area (Å²) in [6.07, 6.45) is 12.2. The number of nitriles is 1. The first kappa shape index (κ1) is 37.3. The zero-order chi connectivity index (χ0) is 38.1. The molecule has 3 aliphatic rings. The molecule has 3 aromatic rings. The minimum atomic E-state index is -1.25. The predicted molar refractivity (Wildman–Crippen MR) is 213 cm³/mol. The van der Waals surface area contributed by atoms with E-state index in [0.717, 1.165) is 65.4 Å². The summed E-state index contributed by atoms with van der Waals surface area (Å²) in [5.74, 6) is -1.35. The van der Waals surface area contributed by atoms with Gasteiger partial charge in [0.25, 0.3) is 0 Å². The van der Waals surface area contributed by atoms with Crippen molar-refractivity contribution in [3.8, 4) is 17.2 Å². The summed E-state index contributed by atoms with van der Waals surface area (Å²) in [5, 5.41) is 30.0. The molecule has 7 heteroatoms. The van der Waals surface area contributed by atoms with Crippen LogP contribution >= 0.6 is 0 Å². The van der Waals surface area contributed by atoms with E-state index >= 15 is 0 Å². The second-order valence-corrected chi connectivity index (χ2v) is 15.3. The van der Waals surface area contributed by atoms with Crippen LogP contribution in [0.2, 0.25) is 0 Å². The van der Waals surface area contributed by atoms with Crippen molar-refractivity contribution in [1.29, 1.82) is 5.26 Å². The largest absolute Gasteiger partial charge is 0.506 e. The van der Waals surface area contributed by atoms with Crippen molar-refractivity contribution in [1.82, 2.24) is 0 Å². The fraction of sp³-hybridized carbons (Fsp3) is 0.348. The number of para-hydroxylation sites is 1. The monoisotopic (exact) mass is 708 g/mol. The van der Waals surface area contributed by atoms with Gasteiger partial charge in [-0.05, 0) is 79.8 Å². The Kier molecular flexibility index (Phi) is 10.5. The molecule has 0 bridgehead atoms. The number of anilines is 1. The number of nitrogens with zero attached hydrogens (tertiary/aromatic N) is 3. The van der Waals surface area contributed by atoms with Gasteiger partial charge < -0.3 is 15.1 Å². The molecule has 0 fully saturated rings. The topological polar surface area (TPSA) is 105 Å². The second kappa shape index (κ2) is 14.9. The number of hydrogen-bond donors (Lipinski definition) is 2. The molecule has 2 N–H and O–H groups in total. The van der Waals surface area contributed by atoms with Crippen LogP contribution in [0.25, 0.3) is 17.2 Å². The Hall–Kier alpha value is -5.48. The van der Waals surface area contributed by atoms with Crippen LogP contribution in [0.5, 0.6) is 0 Å². The maximum Gasteiger partial charge on any atom is 0.346 e.